The van der Waals surface area contributed by atoms with Gasteiger partial charge in [0.25, 0.3) is 0 Å². The fourth-order valence-corrected chi connectivity index (χ4v) is 2.01. The highest BCUT2D eigenvalue weighted by Crippen LogP contribution is 2.25. The first kappa shape index (κ1) is 12.3. The molecule has 0 radical (unpaired) electrons. The van der Waals surface area contributed by atoms with Crippen molar-refractivity contribution in [3.05, 3.63) is 29.3 Å². The number of hydrogen-bond donors (Lipinski definition) is 2. The lowest BCUT2D eigenvalue weighted by atomic mass is 9.86. The maximum absolute atomic E-state index is 9.33. The highest BCUT2D eigenvalue weighted by Gasteiger charge is 2.25. The molecule has 1 aliphatic carbocycles. The summed E-state index contributed by atoms with van der Waals surface area (Å²) in [4.78, 5) is 0. The van der Waals surface area contributed by atoms with Gasteiger partial charge < -0.3 is 15.6 Å². The van der Waals surface area contributed by atoms with Crippen LogP contribution in [0.15, 0.2) is 18.2 Å². The molecule has 0 aromatic heterocycles. The number of ether oxygens (including phenoxy) is 1. The van der Waals surface area contributed by atoms with Crippen LogP contribution in [0.4, 0.5) is 0 Å². The number of phenols is 1. The lowest BCUT2D eigenvalue weighted by Gasteiger charge is -2.29. The van der Waals surface area contributed by atoms with Crippen molar-refractivity contribution in [2.24, 2.45) is 5.73 Å². The highest BCUT2D eigenvalue weighted by atomic mass is 35.5. The van der Waals surface area contributed by atoms with E-state index in [1.54, 1.807) is 19.2 Å². The zero-order valence-corrected chi connectivity index (χ0v) is 9.46. The van der Waals surface area contributed by atoms with E-state index in [9.17, 15) is 5.11 Å². The van der Waals surface area contributed by atoms with Crippen molar-refractivity contribution < 1.29 is 9.84 Å². The van der Waals surface area contributed by atoms with Gasteiger partial charge in [0.15, 0.2) is 0 Å². The zero-order valence-electron chi connectivity index (χ0n) is 8.64. The van der Waals surface area contributed by atoms with E-state index in [1.165, 1.54) is 5.56 Å². The van der Waals surface area contributed by atoms with Crippen LogP contribution in [0, 0.1) is 0 Å². The first-order chi connectivity index (χ1) is 6.70. The van der Waals surface area contributed by atoms with Crippen molar-refractivity contribution in [1.29, 1.82) is 0 Å². The zero-order chi connectivity index (χ0) is 10.1. The number of rotatable bonds is 1. The third-order valence-corrected chi connectivity index (χ3v) is 2.85. The molecule has 0 bridgehead atoms. The predicted octanol–water partition coefficient (Wildman–Crippen LogP) is 1.25. The van der Waals surface area contributed by atoms with Gasteiger partial charge in [-0.05, 0) is 29.7 Å². The Bertz CT molecular complexity index is 343. The number of aromatic hydroxyl groups is 1. The molecule has 2 atom stereocenters. The summed E-state index contributed by atoms with van der Waals surface area (Å²) in [5.41, 5.74) is 8.32. The Morgan fingerprint density at radius 2 is 2.07 bits per heavy atom. The minimum atomic E-state index is 0. The van der Waals surface area contributed by atoms with Crippen LogP contribution in [0.25, 0.3) is 0 Å². The summed E-state index contributed by atoms with van der Waals surface area (Å²) < 4.78 is 5.30. The lowest BCUT2D eigenvalue weighted by Crippen LogP contribution is -2.42. The van der Waals surface area contributed by atoms with E-state index in [1.807, 2.05) is 6.07 Å². The number of halogens is 1. The Balaban J connectivity index is 0.00000112. The van der Waals surface area contributed by atoms with Crippen molar-refractivity contribution in [2.45, 2.75) is 25.0 Å². The summed E-state index contributed by atoms with van der Waals surface area (Å²) in [5.74, 6) is 0.312. The fraction of sp³-hybridized carbons (Fsp3) is 0.455. The largest absolute Gasteiger partial charge is 0.508 e. The van der Waals surface area contributed by atoms with Gasteiger partial charge in [-0.15, -0.1) is 12.4 Å². The van der Waals surface area contributed by atoms with E-state index in [4.69, 9.17) is 10.5 Å². The molecule has 0 fully saturated rings. The first-order valence-electron chi connectivity index (χ1n) is 4.80. The molecule has 3 N–H and O–H groups in total. The highest BCUT2D eigenvalue weighted by molar-refractivity contribution is 5.85. The maximum Gasteiger partial charge on any atom is 0.115 e. The quantitative estimate of drug-likeness (QED) is 0.762. The number of nitrogens with two attached hydrogens (primary N) is 1. The average Bonchev–Trinajstić information content (AvgIpc) is 2.16. The molecule has 0 unspecified atom stereocenters. The van der Waals surface area contributed by atoms with Gasteiger partial charge in [0, 0.05) is 19.6 Å². The summed E-state index contributed by atoms with van der Waals surface area (Å²) in [6, 6.07) is 5.49. The molecule has 4 heteroatoms. The Hall–Kier alpha value is -0.770. The van der Waals surface area contributed by atoms with E-state index < -0.39 is 0 Å². The molecule has 1 aromatic carbocycles. The second-order valence-electron chi connectivity index (χ2n) is 3.80. The van der Waals surface area contributed by atoms with Crippen LogP contribution in [0.2, 0.25) is 0 Å². The molecule has 0 heterocycles. The van der Waals surface area contributed by atoms with Gasteiger partial charge in [0.1, 0.15) is 5.75 Å². The summed E-state index contributed by atoms with van der Waals surface area (Å²) in [6.45, 7) is 0. The van der Waals surface area contributed by atoms with Crippen LogP contribution in [-0.2, 0) is 17.6 Å². The van der Waals surface area contributed by atoms with Crippen molar-refractivity contribution >= 4 is 12.4 Å². The third-order valence-electron chi connectivity index (χ3n) is 2.85. The summed E-state index contributed by atoms with van der Waals surface area (Å²) >= 11 is 0. The Morgan fingerprint density at radius 3 is 2.73 bits per heavy atom. The minimum absolute atomic E-state index is 0. The van der Waals surface area contributed by atoms with Crippen molar-refractivity contribution in [3.8, 4) is 5.75 Å². The summed E-state index contributed by atoms with van der Waals surface area (Å²) in [5, 5.41) is 9.33. The smallest absolute Gasteiger partial charge is 0.115 e. The van der Waals surface area contributed by atoms with Gasteiger partial charge in [0.2, 0.25) is 0 Å². The summed E-state index contributed by atoms with van der Waals surface area (Å²) in [7, 11) is 1.69. The van der Waals surface area contributed by atoms with Crippen LogP contribution < -0.4 is 5.73 Å². The standard InChI is InChI=1S/C11H15NO2.ClH/c1-14-11-6-7-2-3-9(13)4-8(7)5-10(11)12;/h2-4,10-11,13H,5-6,12H2,1H3;1H/t10-,11-;/m0./s1. The lowest BCUT2D eigenvalue weighted by molar-refractivity contribution is 0.0754. The molecule has 15 heavy (non-hydrogen) atoms. The Morgan fingerprint density at radius 1 is 1.33 bits per heavy atom. The van der Waals surface area contributed by atoms with Crippen LogP contribution >= 0.6 is 12.4 Å². The summed E-state index contributed by atoms with van der Waals surface area (Å²) in [6.07, 6.45) is 1.72. The second-order valence-corrected chi connectivity index (χ2v) is 3.80. The fourth-order valence-electron chi connectivity index (χ4n) is 2.01. The molecule has 3 nitrogen and oxygen atoms in total. The van der Waals surface area contributed by atoms with Gasteiger partial charge in [0.05, 0.1) is 6.10 Å². The number of benzene rings is 1. The molecule has 1 aromatic rings. The number of fused-ring (bicyclic) bond motifs is 1. The molecule has 0 amide bonds. The van der Waals surface area contributed by atoms with E-state index in [0.717, 1.165) is 18.4 Å². The molecular formula is C11H16ClNO2. The van der Waals surface area contributed by atoms with E-state index in [0.29, 0.717) is 5.75 Å². The van der Waals surface area contributed by atoms with Crippen molar-refractivity contribution in [1.82, 2.24) is 0 Å². The SMILES string of the molecule is CO[C@H]1Cc2ccc(O)cc2C[C@@H]1N.Cl. The van der Waals surface area contributed by atoms with Gasteiger partial charge in [-0.1, -0.05) is 6.07 Å². The van der Waals surface area contributed by atoms with Crippen LogP contribution in [0.5, 0.6) is 5.75 Å². The molecule has 0 aliphatic heterocycles. The van der Waals surface area contributed by atoms with E-state index >= 15 is 0 Å². The normalized spacial score (nSPS) is 24.1. The molecule has 84 valence electrons. The van der Waals surface area contributed by atoms with E-state index in [2.05, 4.69) is 0 Å². The van der Waals surface area contributed by atoms with Gasteiger partial charge >= 0.3 is 0 Å². The first-order valence-corrected chi connectivity index (χ1v) is 4.80. The van der Waals surface area contributed by atoms with Gasteiger partial charge in [-0.25, -0.2) is 0 Å². The van der Waals surface area contributed by atoms with Crippen molar-refractivity contribution in [3.63, 3.8) is 0 Å². The minimum Gasteiger partial charge on any atom is -0.508 e. The molecular weight excluding hydrogens is 214 g/mol. The number of phenolic OH excluding ortho intramolecular Hbond substituents is 1. The molecule has 0 spiro atoms. The van der Waals surface area contributed by atoms with Crippen LogP contribution in [0.1, 0.15) is 11.1 Å². The number of hydrogen-bond acceptors (Lipinski definition) is 3. The predicted molar refractivity (Wildman–Crippen MR) is 61.5 cm³/mol. The van der Waals surface area contributed by atoms with Crippen molar-refractivity contribution in [2.75, 3.05) is 7.11 Å². The Labute approximate surface area is 95.7 Å². The Kier molecular flexibility index (Phi) is 3.97. The van der Waals surface area contributed by atoms with Gasteiger partial charge in [-0.3, -0.25) is 0 Å². The molecule has 0 saturated carbocycles. The van der Waals surface area contributed by atoms with E-state index in [-0.39, 0.29) is 24.6 Å². The molecule has 0 saturated heterocycles. The molecule has 2 rings (SSSR count). The van der Waals surface area contributed by atoms with Crippen LogP contribution in [0.3, 0.4) is 0 Å². The second kappa shape index (κ2) is 4.84. The van der Waals surface area contributed by atoms with Crippen LogP contribution in [-0.4, -0.2) is 24.4 Å². The average molecular weight is 230 g/mol. The number of methoxy groups -OCH3 is 1. The topological polar surface area (TPSA) is 55.5 Å². The van der Waals surface area contributed by atoms with Gasteiger partial charge in [-0.2, -0.15) is 0 Å². The maximum atomic E-state index is 9.33. The molecule has 1 aliphatic rings. The third kappa shape index (κ3) is 2.43. The monoisotopic (exact) mass is 229 g/mol.